The number of fused-ring (bicyclic) bond motifs is 3. The van der Waals surface area contributed by atoms with Crippen molar-refractivity contribution in [1.82, 2.24) is 4.90 Å². The molecule has 3 aliphatic rings. The molecular weight excluding hydrogens is 297 g/mol. The van der Waals surface area contributed by atoms with Crippen molar-refractivity contribution in [3.8, 4) is 0 Å². The number of carbonyl (C=O) groups is 1. The first-order chi connectivity index (χ1) is 9.34. The molecule has 2 bridgehead atoms. The molecule has 3 nitrogen and oxygen atoms in total. The van der Waals surface area contributed by atoms with Gasteiger partial charge in [-0.15, -0.1) is 23.2 Å². The second kappa shape index (κ2) is 5.86. The number of ketones is 1. The van der Waals surface area contributed by atoms with E-state index in [0.717, 1.165) is 18.4 Å². The van der Waals surface area contributed by atoms with Crippen LogP contribution < -0.4 is 0 Å². The molecule has 0 aromatic carbocycles. The summed E-state index contributed by atoms with van der Waals surface area (Å²) >= 11 is 11.6. The number of hydrogen-bond donors (Lipinski definition) is 0. The van der Waals surface area contributed by atoms with Crippen LogP contribution in [0.15, 0.2) is 11.8 Å². The molecule has 5 heteroatoms. The first kappa shape index (κ1) is 16.1. The van der Waals surface area contributed by atoms with Gasteiger partial charge < -0.3 is 9.64 Å². The van der Waals surface area contributed by atoms with Gasteiger partial charge in [0.25, 0.3) is 0 Å². The number of alkyl halides is 2. The molecule has 2 heterocycles. The number of carbonyl (C=O) groups excluding carboxylic acids is 1. The maximum Gasteiger partial charge on any atom is 0.192 e. The first-order valence-corrected chi connectivity index (χ1v) is 8.23. The summed E-state index contributed by atoms with van der Waals surface area (Å²) in [5, 5.41) is 0. The predicted octanol–water partition coefficient (Wildman–Crippen LogP) is 3.20. The van der Waals surface area contributed by atoms with Gasteiger partial charge in [-0.3, -0.25) is 4.79 Å². The van der Waals surface area contributed by atoms with Gasteiger partial charge in [-0.2, -0.15) is 0 Å². The lowest BCUT2D eigenvalue weighted by Crippen LogP contribution is -2.60. The van der Waals surface area contributed by atoms with Crippen LogP contribution in [0.25, 0.3) is 0 Å². The van der Waals surface area contributed by atoms with E-state index < -0.39 is 5.60 Å². The lowest BCUT2D eigenvalue weighted by atomic mass is 9.65. The van der Waals surface area contributed by atoms with Crippen molar-refractivity contribution < 1.29 is 9.53 Å². The molecule has 2 unspecified atom stereocenters. The summed E-state index contributed by atoms with van der Waals surface area (Å²) in [4.78, 5) is 14.7. The van der Waals surface area contributed by atoms with Gasteiger partial charge in [0.15, 0.2) is 5.78 Å². The van der Waals surface area contributed by atoms with Gasteiger partial charge in [0.05, 0.1) is 5.60 Å². The fraction of sp³-hybridized carbons (Fsp3) is 0.800. The second-order valence-corrected chi connectivity index (χ2v) is 7.11. The third-order valence-corrected chi connectivity index (χ3v) is 4.76. The number of Topliss-reactive ketones (excluding diaryl/α,β-unsaturated/α-hetero) is 1. The molecule has 1 saturated carbocycles. The normalized spacial score (nSPS) is 33.8. The summed E-state index contributed by atoms with van der Waals surface area (Å²) in [6, 6.07) is 0. The van der Waals surface area contributed by atoms with Crippen LogP contribution in [0.3, 0.4) is 0 Å². The molecule has 0 radical (unpaired) electrons. The second-order valence-electron chi connectivity index (χ2n) is 6.36. The van der Waals surface area contributed by atoms with E-state index in [2.05, 4.69) is 13.8 Å². The molecule has 3 fully saturated rings. The Bertz CT molecular complexity index is 416. The highest BCUT2D eigenvalue weighted by Crippen LogP contribution is 2.50. The van der Waals surface area contributed by atoms with Gasteiger partial charge in [0, 0.05) is 42.5 Å². The zero-order valence-electron chi connectivity index (χ0n) is 12.4. The maximum absolute atomic E-state index is 12.7. The van der Waals surface area contributed by atoms with Gasteiger partial charge in [-0.25, -0.2) is 0 Å². The van der Waals surface area contributed by atoms with Crippen LogP contribution in [0.1, 0.15) is 33.6 Å². The van der Waals surface area contributed by atoms with E-state index in [9.17, 15) is 4.79 Å². The van der Waals surface area contributed by atoms with Gasteiger partial charge in [0.2, 0.25) is 0 Å². The Morgan fingerprint density at radius 2 is 1.90 bits per heavy atom. The molecule has 0 N–H and O–H groups in total. The molecule has 2 saturated heterocycles. The van der Waals surface area contributed by atoms with Crippen LogP contribution in [0, 0.1) is 5.92 Å². The predicted molar refractivity (Wildman–Crippen MR) is 82.4 cm³/mol. The smallest absolute Gasteiger partial charge is 0.192 e. The van der Waals surface area contributed by atoms with Crippen molar-refractivity contribution >= 4 is 29.0 Å². The third kappa shape index (κ3) is 2.86. The SMILES string of the molecule is CC12CCC(C(=CN(CCCl)CCCl)C1=O)C(C)(C)O2. The lowest BCUT2D eigenvalue weighted by molar-refractivity contribution is -0.206. The average molecular weight is 320 g/mol. The summed E-state index contributed by atoms with van der Waals surface area (Å²) in [6.07, 6.45) is 3.78. The number of halogens is 2. The van der Waals surface area contributed by atoms with Crippen LogP contribution in [0.5, 0.6) is 0 Å². The van der Waals surface area contributed by atoms with Gasteiger partial charge in [-0.1, -0.05) is 0 Å². The van der Waals surface area contributed by atoms with Crippen LogP contribution in [0.4, 0.5) is 0 Å². The van der Waals surface area contributed by atoms with E-state index in [1.54, 1.807) is 0 Å². The van der Waals surface area contributed by atoms with Crippen LogP contribution >= 0.6 is 23.2 Å². The molecule has 1 aliphatic carbocycles. The first-order valence-electron chi connectivity index (χ1n) is 7.17. The minimum absolute atomic E-state index is 0.127. The lowest BCUT2D eigenvalue weighted by Gasteiger charge is -2.53. The van der Waals surface area contributed by atoms with Crippen molar-refractivity contribution in [3.63, 3.8) is 0 Å². The average Bonchev–Trinajstić information content (AvgIpc) is 2.34. The maximum atomic E-state index is 12.7. The van der Waals surface area contributed by atoms with Gasteiger partial charge in [0.1, 0.15) is 5.60 Å². The monoisotopic (exact) mass is 319 g/mol. The fourth-order valence-electron chi connectivity index (χ4n) is 3.43. The van der Waals surface area contributed by atoms with E-state index in [1.807, 2.05) is 18.0 Å². The van der Waals surface area contributed by atoms with Gasteiger partial charge >= 0.3 is 0 Å². The molecule has 114 valence electrons. The Morgan fingerprint density at radius 1 is 1.30 bits per heavy atom. The molecule has 2 atom stereocenters. The minimum Gasteiger partial charge on any atom is -0.375 e. The molecule has 20 heavy (non-hydrogen) atoms. The number of hydrogen-bond acceptors (Lipinski definition) is 3. The molecule has 0 spiro atoms. The molecule has 2 aliphatic heterocycles. The molecular formula is C15H23Cl2NO2. The van der Waals surface area contributed by atoms with Crippen LogP contribution in [-0.2, 0) is 9.53 Å². The summed E-state index contributed by atoms with van der Waals surface area (Å²) < 4.78 is 6.04. The Hall–Kier alpha value is -0.250. The Balaban J connectivity index is 2.31. The van der Waals surface area contributed by atoms with E-state index in [4.69, 9.17) is 27.9 Å². The zero-order valence-corrected chi connectivity index (χ0v) is 13.9. The standard InChI is InChI=1S/C15H23Cl2NO2/c1-14(2)12-4-5-15(3,20-14)13(19)11(12)10-18(8-6-16)9-7-17/h10,12H,4-9H2,1-3H3. The van der Waals surface area contributed by atoms with Gasteiger partial charge in [-0.05, 0) is 33.6 Å². The van der Waals surface area contributed by atoms with Crippen molar-refractivity contribution in [3.05, 3.63) is 11.8 Å². The molecule has 0 amide bonds. The highest BCUT2D eigenvalue weighted by atomic mass is 35.5. The Labute approximate surface area is 131 Å². The highest BCUT2D eigenvalue weighted by Gasteiger charge is 2.56. The molecule has 3 rings (SSSR count). The number of ether oxygens (including phenoxy) is 1. The van der Waals surface area contributed by atoms with Crippen LogP contribution in [-0.4, -0.2) is 46.7 Å². The van der Waals surface area contributed by atoms with Crippen molar-refractivity contribution in [2.45, 2.75) is 44.8 Å². The quantitative estimate of drug-likeness (QED) is 0.575. The Morgan fingerprint density at radius 3 is 2.40 bits per heavy atom. The number of rotatable bonds is 5. The van der Waals surface area contributed by atoms with Crippen molar-refractivity contribution in [1.29, 1.82) is 0 Å². The minimum atomic E-state index is -0.669. The summed E-state index contributed by atoms with van der Waals surface area (Å²) in [5.74, 6) is 1.33. The Kier molecular flexibility index (Phi) is 4.73. The molecule has 0 aromatic heterocycles. The topological polar surface area (TPSA) is 29.5 Å². The largest absolute Gasteiger partial charge is 0.375 e. The summed E-state index contributed by atoms with van der Waals surface area (Å²) in [5.41, 5.74) is -0.0804. The summed E-state index contributed by atoms with van der Waals surface area (Å²) in [7, 11) is 0. The zero-order chi connectivity index (χ0) is 15.0. The third-order valence-electron chi connectivity index (χ3n) is 4.42. The van der Waals surface area contributed by atoms with E-state index in [1.165, 1.54) is 0 Å². The fourth-order valence-corrected chi connectivity index (χ4v) is 3.86. The van der Waals surface area contributed by atoms with Crippen molar-refractivity contribution in [2.24, 2.45) is 5.92 Å². The van der Waals surface area contributed by atoms with E-state index in [0.29, 0.717) is 24.8 Å². The van der Waals surface area contributed by atoms with Crippen LogP contribution in [0.2, 0.25) is 0 Å². The van der Waals surface area contributed by atoms with Crippen molar-refractivity contribution in [2.75, 3.05) is 24.8 Å². The summed E-state index contributed by atoms with van der Waals surface area (Å²) in [6.45, 7) is 7.46. The van der Waals surface area contributed by atoms with E-state index in [-0.39, 0.29) is 17.3 Å². The molecule has 0 aromatic rings. The highest BCUT2D eigenvalue weighted by molar-refractivity contribution is 6.18. The number of nitrogens with zero attached hydrogens (tertiary/aromatic N) is 1. The van der Waals surface area contributed by atoms with E-state index >= 15 is 0 Å².